The third kappa shape index (κ3) is 6.65. The zero-order valence-corrected chi connectivity index (χ0v) is 21.1. The van der Waals surface area contributed by atoms with Crippen LogP contribution in [0.1, 0.15) is 11.1 Å². The number of methoxy groups -OCH3 is 1. The van der Waals surface area contributed by atoms with Crippen molar-refractivity contribution in [1.82, 2.24) is 0 Å². The molecule has 0 amide bonds. The standard InChI is InChI=1S/C27H24N4O6S/c1-36-27-13-6-5-12-25(27)30-38(34,35)23-14-15-24(26(17-23)31(32)33)29-28-18-21-10-7-11-22(16-21)37-19-20-8-3-2-4-9-20/h2-18,29-30H,19H2,1H3/b28-18-. The molecule has 0 fully saturated rings. The molecule has 4 aromatic rings. The Morgan fingerprint density at radius 2 is 1.68 bits per heavy atom. The zero-order valence-electron chi connectivity index (χ0n) is 20.3. The van der Waals surface area contributed by atoms with Crippen molar-refractivity contribution in [2.24, 2.45) is 5.10 Å². The molecule has 2 N–H and O–H groups in total. The van der Waals surface area contributed by atoms with Gasteiger partial charge in [-0.05, 0) is 47.5 Å². The highest BCUT2D eigenvalue weighted by atomic mass is 32.2. The quantitative estimate of drug-likeness (QED) is 0.150. The SMILES string of the molecule is COc1ccccc1NS(=O)(=O)c1ccc(N/N=C\c2cccc(OCc3ccccc3)c2)c([N+](=O)[O-])c1. The Hall–Kier alpha value is -4.90. The molecule has 0 saturated carbocycles. The van der Waals surface area contributed by atoms with E-state index in [2.05, 4.69) is 15.2 Å². The van der Waals surface area contributed by atoms with Gasteiger partial charge in [-0.3, -0.25) is 20.3 Å². The van der Waals surface area contributed by atoms with Crippen LogP contribution in [0.15, 0.2) is 107 Å². The highest BCUT2D eigenvalue weighted by Crippen LogP contribution is 2.30. The van der Waals surface area contributed by atoms with E-state index in [1.54, 1.807) is 36.4 Å². The van der Waals surface area contributed by atoms with Crippen LogP contribution in [0.4, 0.5) is 17.1 Å². The van der Waals surface area contributed by atoms with E-state index in [0.29, 0.717) is 23.7 Å². The normalized spacial score (nSPS) is 11.2. The predicted octanol–water partition coefficient (Wildman–Crippen LogP) is 5.43. The first-order valence-corrected chi connectivity index (χ1v) is 12.8. The van der Waals surface area contributed by atoms with Gasteiger partial charge in [0.1, 0.15) is 23.8 Å². The van der Waals surface area contributed by atoms with Crippen molar-refractivity contribution in [1.29, 1.82) is 0 Å². The number of hydrazone groups is 1. The fraction of sp³-hybridized carbons (Fsp3) is 0.0741. The first-order valence-electron chi connectivity index (χ1n) is 11.4. The fourth-order valence-corrected chi connectivity index (χ4v) is 4.55. The Bertz CT molecular complexity index is 1560. The summed E-state index contributed by atoms with van der Waals surface area (Å²) in [6, 6.07) is 26.9. The lowest BCUT2D eigenvalue weighted by Crippen LogP contribution is -2.14. The van der Waals surface area contributed by atoms with Gasteiger partial charge in [0.2, 0.25) is 0 Å². The number of nitrogens with zero attached hydrogens (tertiary/aromatic N) is 2. The Morgan fingerprint density at radius 3 is 2.45 bits per heavy atom. The van der Waals surface area contributed by atoms with E-state index < -0.39 is 20.6 Å². The van der Waals surface area contributed by atoms with Crippen molar-refractivity contribution < 1.29 is 22.8 Å². The van der Waals surface area contributed by atoms with Gasteiger partial charge in [0.25, 0.3) is 15.7 Å². The van der Waals surface area contributed by atoms with Gasteiger partial charge in [0, 0.05) is 6.07 Å². The highest BCUT2D eigenvalue weighted by Gasteiger charge is 2.22. The minimum Gasteiger partial charge on any atom is -0.495 e. The van der Waals surface area contributed by atoms with Crippen LogP contribution >= 0.6 is 0 Å². The van der Waals surface area contributed by atoms with Crippen LogP contribution in [-0.4, -0.2) is 26.7 Å². The third-order valence-corrected chi connectivity index (χ3v) is 6.70. The topological polar surface area (TPSA) is 132 Å². The molecule has 10 nitrogen and oxygen atoms in total. The largest absolute Gasteiger partial charge is 0.495 e. The number of sulfonamides is 1. The number of rotatable bonds is 11. The van der Waals surface area contributed by atoms with E-state index >= 15 is 0 Å². The van der Waals surface area contributed by atoms with Gasteiger partial charge in [0.05, 0.1) is 28.8 Å². The van der Waals surface area contributed by atoms with Crippen molar-refractivity contribution in [3.63, 3.8) is 0 Å². The summed E-state index contributed by atoms with van der Waals surface area (Å²) in [7, 11) is -2.72. The maximum absolute atomic E-state index is 12.9. The molecule has 11 heteroatoms. The molecule has 0 aliphatic carbocycles. The highest BCUT2D eigenvalue weighted by molar-refractivity contribution is 7.92. The maximum atomic E-state index is 12.9. The van der Waals surface area contributed by atoms with E-state index in [9.17, 15) is 18.5 Å². The van der Waals surface area contributed by atoms with E-state index in [0.717, 1.165) is 11.6 Å². The summed E-state index contributed by atoms with van der Waals surface area (Å²) in [4.78, 5) is 10.7. The third-order valence-electron chi connectivity index (χ3n) is 5.33. The van der Waals surface area contributed by atoms with Crippen molar-refractivity contribution in [3.8, 4) is 11.5 Å². The number of anilines is 2. The molecule has 0 aliphatic heterocycles. The molecule has 38 heavy (non-hydrogen) atoms. The van der Waals surface area contributed by atoms with Gasteiger partial charge < -0.3 is 9.47 Å². The summed E-state index contributed by atoms with van der Waals surface area (Å²) in [5.41, 5.74) is 4.13. The molecule has 0 bridgehead atoms. The molecule has 0 heterocycles. The molecule has 0 aliphatic rings. The predicted molar refractivity (Wildman–Crippen MR) is 145 cm³/mol. The molecule has 194 valence electrons. The summed E-state index contributed by atoms with van der Waals surface area (Å²) in [6.45, 7) is 0.410. The smallest absolute Gasteiger partial charge is 0.295 e. The van der Waals surface area contributed by atoms with Crippen molar-refractivity contribution in [2.75, 3.05) is 17.3 Å². The Morgan fingerprint density at radius 1 is 0.921 bits per heavy atom. The molecule has 0 radical (unpaired) electrons. The van der Waals surface area contributed by atoms with E-state index in [1.807, 2.05) is 36.4 Å². The average molecular weight is 533 g/mol. The molecule has 0 atom stereocenters. The summed E-state index contributed by atoms with van der Waals surface area (Å²) < 4.78 is 39.1. The summed E-state index contributed by atoms with van der Waals surface area (Å²) in [6.07, 6.45) is 1.48. The lowest BCUT2D eigenvalue weighted by Gasteiger charge is -2.12. The Labute approximate surface area is 219 Å². The molecule has 4 aromatic carbocycles. The summed E-state index contributed by atoms with van der Waals surface area (Å²) in [5.74, 6) is 0.952. The molecule has 0 spiro atoms. The Balaban J connectivity index is 1.47. The monoisotopic (exact) mass is 532 g/mol. The number of hydrogen-bond acceptors (Lipinski definition) is 8. The Kier molecular flexibility index (Phi) is 8.19. The zero-order chi connectivity index (χ0) is 27.0. The van der Waals surface area contributed by atoms with Crippen molar-refractivity contribution in [3.05, 3.63) is 118 Å². The fourth-order valence-electron chi connectivity index (χ4n) is 3.46. The molecular weight excluding hydrogens is 508 g/mol. The van der Waals surface area contributed by atoms with E-state index in [-0.39, 0.29) is 16.3 Å². The van der Waals surface area contributed by atoms with Crippen LogP contribution < -0.4 is 19.6 Å². The minimum atomic E-state index is -4.13. The number of benzene rings is 4. The van der Waals surface area contributed by atoms with Crippen molar-refractivity contribution >= 4 is 33.3 Å². The number of ether oxygens (including phenoxy) is 2. The molecule has 0 saturated heterocycles. The van der Waals surface area contributed by atoms with Crippen LogP contribution in [0.2, 0.25) is 0 Å². The molecule has 0 aromatic heterocycles. The number of nitro benzene ring substituents is 1. The van der Waals surface area contributed by atoms with Crippen LogP contribution in [0.5, 0.6) is 11.5 Å². The number of nitro groups is 1. The number of para-hydroxylation sites is 2. The van der Waals surface area contributed by atoms with Gasteiger partial charge >= 0.3 is 0 Å². The second kappa shape index (κ2) is 11.9. The second-order valence-electron chi connectivity index (χ2n) is 7.96. The lowest BCUT2D eigenvalue weighted by atomic mass is 10.2. The molecule has 4 rings (SSSR count). The van der Waals surface area contributed by atoms with Gasteiger partial charge in [-0.2, -0.15) is 5.10 Å². The van der Waals surface area contributed by atoms with Gasteiger partial charge in [-0.15, -0.1) is 0 Å². The van der Waals surface area contributed by atoms with Crippen LogP contribution in [-0.2, 0) is 16.6 Å². The summed E-state index contributed by atoms with van der Waals surface area (Å²) >= 11 is 0. The first kappa shape index (κ1) is 26.2. The second-order valence-corrected chi connectivity index (χ2v) is 9.64. The van der Waals surface area contributed by atoms with E-state index in [4.69, 9.17) is 9.47 Å². The van der Waals surface area contributed by atoms with Crippen LogP contribution in [0.25, 0.3) is 0 Å². The average Bonchev–Trinajstić information content (AvgIpc) is 2.93. The van der Waals surface area contributed by atoms with Gasteiger partial charge in [-0.25, -0.2) is 8.42 Å². The molecular formula is C27H24N4O6S. The van der Waals surface area contributed by atoms with E-state index in [1.165, 1.54) is 31.5 Å². The van der Waals surface area contributed by atoms with Crippen molar-refractivity contribution in [2.45, 2.75) is 11.5 Å². The number of nitrogens with one attached hydrogen (secondary N) is 2. The first-order chi connectivity index (χ1) is 18.4. The van der Waals surface area contributed by atoms with Crippen LogP contribution in [0.3, 0.4) is 0 Å². The summed E-state index contributed by atoms with van der Waals surface area (Å²) in [5, 5.41) is 15.8. The van der Waals surface area contributed by atoms with Gasteiger partial charge in [-0.1, -0.05) is 54.6 Å². The van der Waals surface area contributed by atoms with Gasteiger partial charge in [0.15, 0.2) is 0 Å². The number of hydrogen-bond donors (Lipinski definition) is 2. The lowest BCUT2D eigenvalue weighted by molar-refractivity contribution is -0.384. The minimum absolute atomic E-state index is 0.0268. The van der Waals surface area contributed by atoms with Crippen LogP contribution in [0, 0.1) is 10.1 Å². The maximum Gasteiger partial charge on any atom is 0.295 e. The molecule has 0 unspecified atom stereocenters.